The second-order valence-corrected chi connectivity index (χ2v) is 10.8. The molecular formula is C26H20Cl2Zr+2. The molecule has 2 saturated carbocycles. The molecular weight excluding hydrogens is 474 g/mol. The first-order valence-corrected chi connectivity index (χ1v) is 15.9. The Morgan fingerprint density at radius 3 is 1.45 bits per heavy atom. The second kappa shape index (κ2) is 10.8. The summed E-state index contributed by atoms with van der Waals surface area (Å²) in [4.78, 5) is 0. The zero-order valence-corrected chi connectivity index (χ0v) is 19.9. The van der Waals surface area contributed by atoms with Crippen molar-refractivity contribution in [2.45, 2.75) is 12.8 Å². The predicted molar refractivity (Wildman–Crippen MR) is 119 cm³/mol. The van der Waals surface area contributed by atoms with Gasteiger partial charge in [-0.05, 0) is 61.5 Å². The molecule has 140 valence electrons. The van der Waals surface area contributed by atoms with E-state index in [-0.39, 0.29) is 0 Å². The van der Waals surface area contributed by atoms with Crippen LogP contribution in [-0.2, 0) is 33.7 Å². The molecule has 1 aromatic rings. The molecule has 4 aliphatic rings. The average Bonchev–Trinajstić information content (AvgIpc) is 3.35. The van der Waals surface area contributed by atoms with Crippen LogP contribution in [0.3, 0.4) is 0 Å². The fourth-order valence-electron chi connectivity index (χ4n) is 4.05. The Morgan fingerprint density at radius 1 is 0.586 bits per heavy atom. The number of halogens is 2. The van der Waals surface area contributed by atoms with Crippen molar-refractivity contribution < 1.29 is 20.8 Å². The van der Waals surface area contributed by atoms with Gasteiger partial charge < -0.3 is 0 Å². The molecule has 0 spiro atoms. The normalized spacial score (nSPS) is 22.4. The summed E-state index contributed by atoms with van der Waals surface area (Å²) in [5.74, 6) is 8.26. The van der Waals surface area contributed by atoms with Crippen LogP contribution >= 0.6 is 17.0 Å². The summed E-state index contributed by atoms with van der Waals surface area (Å²) >= 11 is -0.826. The Balaban J connectivity index is 0.000000645. The maximum absolute atomic E-state index is 4.93. The van der Waals surface area contributed by atoms with E-state index in [4.69, 9.17) is 17.0 Å². The third kappa shape index (κ3) is 5.29. The summed E-state index contributed by atoms with van der Waals surface area (Å²) in [5.41, 5.74) is 2.85. The third-order valence-corrected chi connectivity index (χ3v) is 5.42. The van der Waals surface area contributed by atoms with Crippen LogP contribution in [0.2, 0.25) is 0 Å². The van der Waals surface area contributed by atoms with E-state index < -0.39 is 20.8 Å². The number of benzene rings is 1. The van der Waals surface area contributed by atoms with Crippen LogP contribution < -0.4 is 0 Å². The Labute approximate surface area is 194 Å². The fourth-order valence-corrected chi connectivity index (χ4v) is 4.05. The van der Waals surface area contributed by atoms with Gasteiger partial charge in [-0.1, -0.05) is 72.9 Å². The first kappa shape index (κ1) is 21.9. The molecule has 0 unspecified atom stereocenters. The van der Waals surface area contributed by atoms with Gasteiger partial charge in [0.15, 0.2) is 0 Å². The number of fused-ring (bicyclic) bond motifs is 2. The van der Waals surface area contributed by atoms with Gasteiger partial charge in [-0.15, -0.1) is 0 Å². The number of rotatable bonds is 4. The molecule has 0 aromatic heterocycles. The SMILES string of the molecule is [CH]1[CH][C](Cc2ccccc2C[C]2[CH][CH][C]3C=CC=C[C]32)[C]2C=CC=C[C]12.[Cl][Zr+2][Cl]. The van der Waals surface area contributed by atoms with Crippen molar-refractivity contribution in [3.05, 3.63) is 145 Å². The van der Waals surface area contributed by atoms with E-state index in [1.54, 1.807) is 0 Å². The Bertz CT molecular complexity index is 729. The molecule has 0 amide bonds. The van der Waals surface area contributed by atoms with Crippen molar-refractivity contribution in [3.63, 3.8) is 0 Å². The minimum atomic E-state index is -0.826. The molecule has 0 aliphatic heterocycles. The first-order chi connectivity index (χ1) is 14.3. The van der Waals surface area contributed by atoms with E-state index in [0.717, 1.165) is 12.8 Å². The minimum absolute atomic E-state index is 0.826. The van der Waals surface area contributed by atoms with Gasteiger partial charge in [0.05, 0.1) is 0 Å². The van der Waals surface area contributed by atoms with Crippen molar-refractivity contribution in [1.29, 1.82) is 0 Å². The van der Waals surface area contributed by atoms with Crippen LogP contribution in [0.4, 0.5) is 0 Å². The second-order valence-electron chi connectivity index (χ2n) is 7.09. The quantitative estimate of drug-likeness (QED) is 0.437. The van der Waals surface area contributed by atoms with Crippen molar-refractivity contribution in [1.82, 2.24) is 0 Å². The molecule has 4 aliphatic carbocycles. The predicted octanol–water partition coefficient (Wildman–Crippen LogP) is 6.69. The van der Waals surface area contributed by atoms with E-state index >= 15 is 0 Å². The number of hydrogen-bond donors (Lipinski definition) is 0. The van der Waals surface area contributed by atoms with Crippen molar-refractivity contribution in [3.8, 4) is 0 Å². The van der Waals surface area contributed by atoms with Crippen molar-refractivity contribution in [2.75, 3.05) is 0 Å². The zero-order chi connectivity index (χ0) is 20.1. The number of hydrogen-bond acceptors (Lipinski definition) is 0. The fraction of sp³-hybridized carbons (Fsp3) is 0.0769. The van der Waals surface area contributed by atoms with E-state index in [2.05, 4.69) is 98.6 Å². The molecule has 5 rings (SSSR count). The molecule has 0 nitrogen and oxygen atoms in total. The Morgan fingerprint density at radius 2 is 1.00 bits per heavy atom. The molecule has 2 fully saturated rings. The molecule has 3 heteroatoms. The van der Waals surface area contributed by atoms with Crippen LogP contribution in [-0.4, -0.2) is 0 Å². The molecule has 0 heterocycles. The van der Waals surface area contributed by atoms with Crippen LogP contribution in [0.1, 0.15) is 11.1 Å². The van der Waals surface area contributed by atoms with Crippen molar-refractivity contribution >= 4 is 17.0 Å². The van der Waals surface area contributed by atoms with Crippen molar-refractivity contribution in [2.24, 2.45) is 0 Å². The van der Waals surface area contributed by atoms with E-state index in [9.17, 15) is 0 Å². The first-order valence-electron chi connectivity index (χ1n) is 9.60. The molecule has 0 atom stereocenters. The number of allylic oxidation sites excluding steroid dienone is 8. The van der Waals surface area contributed by atoms with Gasteiger partial charge in [0.1, 0.15) is 0 Å². The van der Waals surface area contributed by atoms with Gasteiger partial charge in [-0.2, -0.15) is 0 Å². The van der Waals surface area contributed by atoms with Crippen LogP contribution in [0.25, 0.3) is 0 Å². The summed E-state index contributed by atoms with van der Waals surface area (Å²) in [6.45, 7) is 0. The average molecular weight is 495 g/mol. The van der Waals surface area contributed by atoms with Gasteiger partial charge in [-0.3, -0.25) is 0 Å². The Hall–Kier alpha value is -0.357. The summed E-state index contributed by atoms with van der Waals surface area (Å²) < 4.78 is 0. The maximum atomic E-state index is 4.93. The molecule has 1 aromatic carbocycles. The summed E-state index contributed by atoms with van der Waals surface area (Å²) in [5, 5.41) is 0. The standard InChI is InChI=1S/C26H20.2ClH.Zr/c1-2-10-22(18-24-16-14-20-8-4-6-12-26(20)24)21(9-1)17-23-15-13-19-7-3-5-11-25(19)23;;;/h1-16H,17-18H2;2*1H;/q;;;+4/p-2. The summed E-state index contributed by atoms with van der Waals surface area (Å²) in [6.07, 6.45) is 28.3. The molecule has 29 heavy (non-hydrogen) atoms. The molecule has 0 saturated heterocycles. The van der Waals surface area contributed by atoms with Gasteiger partial charge >= 0.3 is 37.9 Å². The van der Waals surface area contributed by atoms with E-state index in [0.29, 0.717) is 0 Å². The summed E-state index contributed by atoms with van der Waals surface area (Å²) in [6, 6.07) is 8.88. The van der Waals surface area contributed by atoms with Gasteiger partial charge in [0.25, 0.3) is 0 Å². The van der Waals surface area contributed by atoms with Crippen LogP contribution in [0.5, 0.6) is 0 Å². The molecule has 0 N–H and O–H groups in total. The molecule has 0 bridgehead atoms. The van der Waals surface area contributed by atoms with E-state index in [1.807, 2.05) is 0 Å². The zero-order valence-electron chi connectivity index (χ0n) is 15.9. The Kier molecular flexibility index (Phi) is 8.13. The van der Waals surface area contributed by atoms with Gasteiger partial charge in [0, 0.05) is 23.7 Å². The van der Waals surface area contributed by atoms with Gasteiger partial charge in [-0.25, -0.2) is 0 Å². The molecule has 10 radical (unpaired) electrons. The summed E-state index contributed by atoms with van der Waals surface area (Å²) in [7, 11) is 9.87. The van der Waals surface area contributed by atoms with E-state index in [1.165, 1.54) is 46.6 Å². The third-order valence-electron chi connectivity index (χ3n) is 5.42. The van der Waals surface area contributed by atoms with Crippen LogP contribution in [0.15, 0.2) is 72.9 Å². The van der Waals surface area contributed by atoms with Crippen LogP contribution in [0, 0.1) is 61.2 Å². The van der Waals surface area contributed by atoms with Gasteiger partial charge in [0.2, 0.25) is 0 Å². The topological polar surface area (TPSA) is 0 Å². The monoisotopic (exact) mass is 492 g/mol.